The fourth-order valence-electron chi connectivity index (χ4n) is 5.02. The highest BCUT2D eigenvalue weighted by atomic mass is 32.1. The summed E-state index contributed by atoms with van der Waals surface area (Å²) >= 11 is 4.25. The van der Waals surface area contributed by atoms with E-state index >= 15 is 0 Å². The second-order valence-corrected chi connectivity index (χ2v) is 9.34. The molecule has 5 rings (SSSR count). The largest absolute Gasteiger partial charge is 0.494 e. The molecule has 36 heavy (non-hydrogen) atoms. The first-order valence-electron chi connectivity index (χ1n) is 12.3. The predicted molar refractivity (Wildman–Crippen MR) is 141 cm³/mol. The first-order chi connectivity index (χ1) is 17.5. The normalized spacial score (nSPS) is 22.3. The lowest BCUT2D eigenvalue weighted by atomic mass is 9.84. The second-order valence-electron chi connectivity index (χ2n) is 8.89. The smallest absolute Gasteiger partial charge is 0.343 e. The molecule has 0 spiro atoms. The number of carbonyl (C=O) groups is 1. The van der Waals surface area contributed by atoms with Crippen molar-refractivity contribution in [3.63, 3.8) is 0 Å². The van der Waals surface area contributed by atoms with E-state index in [1.807, 2.05) is 18.2 Å². The minimum absolute atomic E-state index is 0.133. The molecule has 0 radical (unpaired) electrons. The van der Waals surface area contributed by atoms with Crippen LogP contribution in [0.25, 0.3) is 16.6 Å². The molecule has 3 aliphatic rings. The molecule has 3 aliphatic heterocycles. The Bertz CT molecular complexity index is 1210. The summed E-state index contributed by atoms with van der Waals surface area (Å²) in [6.45, 7) is 6.07. The molecule has 0 saturated heterocycles. The number of esters is 1. The van der Waals surface area contributed by atoms with Crippen molar-refractivity contribution in [2.75, 3.05) is 39.4 Å². The molecule has 0 fully saturated rings. The SMILES string of the molecule is CCc1c2c(nc3ccc(OCCCS)cc13)/C1=C/C3=C(COCN1C2)COC(=O)[C@]3(O)CC.CO. The van der Waals surface area contributed by atoms with Crippen molar-refractivity contribution < 1.29 is 29.2 Å². The Hall–Kier alpha value is -2.59. The number of thiol groups is 1. The zero-order chi connectivity index (χ0) is 25.9. The van der Waals surface area contributed by atoms with Crippen molar-refractivity contribution in [1.82, 2.24) is 9.88 Å². The minimum Gasteiger partial charge on any atom is -0.494 e. The van der Waals surface area contributed by atoms with E-state index in [0.29, 0.717) is 32.1 Å². The van der Waals surface area contributed by atoms with Gasteiger partial charge in [-0.15, -0.1) is 0 Å². The van der Waals surface area contributed by atoms with Crippen LogP contribution in [0.2, 0.25) is 0 Å². The maximum Gasteiger partial charge on any atom is 0.343 e. The van der Waals surface area contributed by atoms with E-state index in [2.05, 4.69) is 30.5 Å². The summed E-state index contributed by atoms with van der Waals surface area (Å²) < 4.78 is 17.2. The highest BCUT2D eigenvalue weighted by molar-refractivity contribution is 7.80. The lowest BCUT2D eigenvalue weighted by Gasteiger charge is -2.35. The number of fused-ring (bicyclic) bond motifs is 4. The lowest BCUT2D eigenvalue weighted by Crippen LogP contribution is -2.46. The maximum atomic E-state index is 12.5. The van der Waals surface area contributed by atoms with Gasteiger partial charge in [-0.05, 0) is 60.4 Å². The van der Waals surface area contributed by atoms with Gasteiger partial charge in [0, 0.05) is 30.2 Å². The Morgan fingerprint density at radius 1 is 1.25 bits per heavy atom. The summed E-state index contributed by atoms with van der Waals surface area (Å²) in [7, 11) is 1.00. The van der Waals surface area contributed by atoms with E-state index in [4.69, 9.17) is 24.3 Å². The van der Waals surface area contributed by atoms with Crippen LogP contribution >= 0.6 is 12.6 Å². The number of cyclic esters (lactones) is 1. The monoisotopic (exact) mass is 514 g/mol. The van der Waals surface area contributed by atoms with Crippen molar-refractivity contribution in [3.05, 3.63) is 52.2 Å². The number of aliphatic hydroxyl groups is 2. The van der Waals surface area contributed by atoms with Gasteiger partial charge in [0.1, 0.15) is 19.1 Å². The molecule has 0 amide bonds. The van der Waals surface area contributed by atoms with Gasteiger partial charge < -0.3 is 29.3 Å². The Morgan fingerprint density at radius 3 is 2.78 bits per heavy atom. The highest BCUT2D eigenvalue weighted by Crippen LogP contribution is 2.42. The molecule has 9 heteroatoms. The number of benzene rings is 1. The lowest BCUT2D eigenvalue weighted by molar-refractivity contribution is -0.163. The van der Waals surface area contributed by atoms with Gasteiger partial charge in [-0.3, -0.25) is 0 Å². The van der Waals surface area contributed by atoms with Crippen LogP contribution in [0.15, 0.2) is 35.4 Å². The maximum absolute atomic E-state index is 12.5. The molecule has 2 aromatic rings. The summed E-state index contributed by atoms with van der Waals surface area (Å²) in [6.07, 6.45) is 3.90. The molecule has 0 unspecified atom stereocenters. The van der Waals surface area contributed by atoms with Crippen molar-refractivity contribution in [2.24, 2.45) is 0 Å². The van der Waals surface area contributed by atoms with Gasteiger partial charge >= 0.3 is 5.97 Å². The Labute approximate surface area is 217 Å². The molecule has 8 nitrogen and oxygen atoms in total. The van der Waals surface area contributed by atoms with Gasteiger partial charge in [0.25, 0.3) is 0 Å². The zero-order valence-electron chi connectivity index (χ0n) is 21.0. The average Bonchev–Trinajstić information content (AvgIpc) is 3.22. The van der Waals surface area contributed by atoms with E-state index < -0.39 is 11.6 Å². The Balaban J connectivity index is 0.00000148. The predicted octanol–water partition coefficient (Wildman–Crippen LogP) is 3.24. The highest BCUT2D eigenvalue weighted by Gasteiger charge is 2.45. The summed E-state index contributed by atoms with van der Waals surface area (Å²) in [5.41, 5.74) is 4.72. The number of hydrogen-bond acceptors (Lipinski definition) is 9. The number of hydrogen-bond donors (Lipinski definition) is 3. The fourth-order valence-corrected chi connectivity index (χ4v) is 5.15. The van der Waals surface area contributed by atoms with Gasteiger partial charge in [-0.1, -0.05) is 13.8 Å². The summed E-state index contributed by atoms with van der Waals surface area (Å²) in [4.78, 5) is 19.7. The van der Waals surface area contributed by atoms with E-state index in [1.54, 1.807) is 6.92 Å². The topological polar surface area (TPSA) is 101 Å². The van der Waals surface area contributed by atoms with Crippen molar-refractivity contribution >= 4 is 35.2 Å². The number of aryl methyl sites for hydroxylation is 1. The zero-order valence-corrected chi connectivity index (χ0v) is 21.9. The van der Waals surface area contributed by atoms with Crippen LogP contribution in [-0.4, -0.2) is 71.1 Å². The summed E-state index contributed by atoms with van der Waals surface area (Å²) in [5, 5.41) is 19.3. The number of aromatic nitrogens is 1. The molecule has 0 saturated carbocycles. The first kappa shape index (κ1) is 26.5. The third kappa shape index (κ3) is 4.61. The number of ether oxygens (including phenoxy) is 3. The van der Waals surface area contributed by atoms with Crippen LogP contribution in [-0.2, 0) is 27.2 Å². The minimum atomic E-state index is -1.68. The van der Waals surface area contributed by atoms with Gasteiger partial charge in [-0.2, -0.15) is 12.6 Å². The van der Waals surface area contributed by atoms with E-state index in [9.17, 15) is 9.90 Å². The fraction of sp³-hybridized carbons (Fsp3) is 0.481. The second kappa shape index (κ2) is 11.2. The number of nitrogens with zero attached hydrogens (tertiary/aromatic N) is 2. The standard InChI is InChI=1S/C26H30N2O5S.CH4O/c1-3-18-19-10-17(32-8-5-9-34)6-7-22(19)27-24-20(18)12-28-15-31-13-16-14-33-25(29)26(30,4-2)21(16)11-23(24)28;1-2/h6-7,10-11,30,34H,3-5,8-9,12-15H2,1-2H3;2H,1H3/b23-11-;/t26-;/m0./s1. The van der Waals surface area contributed by atoms with Crippen molar-refractivity contribution in [3.8, 4) is 5.75 Å². The number of pyridine rings is 1. The molecule has 1 aromatic heterocycles. The average molecular weight is 515 g/mol. The molecule has 1 atom stereocenters. The van der Waals surface area contributed by atoms with Crippen LogP contribution in [0.4, 0.5) is 0 Å². The van der Waals surface area contributed by atoms with Crippen molar-refractivity contribution in [2.45, 2.75) is 45.3 Å². The van der Waals surface area contributed by atoms with Crippen LogP contribution in [0, 0.1) is 0 Å². The van der Waals surface area contributed by atoms with E-state index in [0.717, 1.165) is 64.9 Å². The molecule has 4 heterocycles. The third-order valence-electron chi connectivity index (χ3n) is 6.89. The first-order valence-corrected chi connectivity index (χ1v) is 12.9. The Kier molecular flexibility index (Phi) is 8.24. The van der Waals surface area contributed by atoms with Gasteiger partial charge in [-0.25, -0.2) is 9.78 Å². The summed E-state index contributed by atoms with van der Waals surface area (Å²) in [6, 6.07) is 6.03. The molecular weight excluding hydrogens is 480 g/mol. The number of aliphatic hydroxyl groups excluding tert-OH is 1. The van der Waals surface area contributed by atoms with Crippen LogP contribution < -0.4 is 4.74 Å². The third-order valence-corrected chi connectivity index (χ3v) is 7.21. The van der Waals surface area contributed by atoms with Gasteiger partial charge in [0.15, 0.2) is 5.60 Å². The molecular formula is C27H34N2O6S. The van der Waals surface area contributed by atoms with E-state index in [1.165, 1.54) is 5.56 Å². The van der Waals surface area contributed by atoms with Crippen LogP contribution in [0.5, 0.6) is 5.75 Å². The van der Waals surface area contributed by atoms with Crippen molar-refractivity contribution in [1.29, 1.82) is 0 Å². The van der Waals surface area contributed by atoms with Crippen LogP contribution in [0.3, 0.4) is 0 Å². The van der Waals surface area contributed by atoms with Gasteiger partial charge in [0.05, 0.1) is 30.1 Å². The van der Waals surface area contributed by atoms with Crippen LogP contribution in [0.1, 0.15) is 43.5 Å². The quantitative estimate of drug-likeness (QED) is 0.307. The molecule has 1 aromatic carbocycles. The molecule has 0 bridgehead atoms. The number of carbonyl (C=O) groups excluding carboxylic acids is 1. The Morgan fingerprint density at radius 2 is 2.06 bits per heavy atom. The molecule has 194 valence electrons. The number of rotatable bonds is 6. The molecule has 0 aliphatic carbocycles. The molecule has 2 N–H and O–H groups in total. The van der Waals surface area contributed by atoms with E-state index in [-0.39, 0.29) is 13.0 Å². The van der Waals surface area contributed by atoms with Gasteiger partial charge in [0.2, 0.25) is 0 Å². The summed E-state index contributed by atoms with van der Waals surface area (Å²) in [5.74, 6) is 1.02.